The lowest BCUT2D eigenvalue weighted by atomic mass is 10.1. The molecule has 0 spiro atoms. The second kappa shape index (κ2) is 7.12. The van der Waals surface area contributed by atoms with Crippen molar-refractivity contribution in [2.45, 2.75) is 26.4 Å². The van der Waals surface area contributed by atoms with E-state index in [1.807, 2.05) is 13.8 Å². The maximum atomic E-state index is 12.3. The normalized spacial score (nSPS) is 12.8. The van der Waals surface area contributed by atoms with Gasteiger partial charge in [-0.2, -0.15) is 13.2 Å². The monoisotopic (exact) mass is 289 g/mol. The van der Waals surface area contributed by atoms with Gasteiger partial charge in [-0.3, -0.25) is 4.79 Å². The number of nitrogens with one attached hydrogen (secondary N) is 2. The van der Waals surface area contributed by atoms with Crippen LogP contribution in [0.25, 0.3) is 0 Å². The number of aromatic nitrogens is 1. The second-order valence-corrected chi connectivity index (χ2v) is 4.46. The molecule has 1 unspecified atom stereocenters. The Morgan fingerprint density at radius 3 is 2.55 bits per heavy atom. The average molecular weight is 289 g/mol. The van der Waals surface area contributed by atoms with E-state index < -0.39 is 11.7 Å². The SMILES string of the molecule is CCC(C)C(=O)NCCNc1ccc(C(F)(F)F)cn1. The summed E-state index contributed by atoms with van der Waals surface area (Å²) in [4.78, 5) is 15.1. The quantitative estimate of drug-likeness (QED) is 0.792. The molecule has 4 nitrogen and oxygen atoms in total. The highest BCUT2D eigenvalue weighted by Crippen LogP contribution is 2.28. The van der Waals surface area contributed by atoms with E-state index in [-0.39, 0.29) is 11.8 Å². The van der Waals surface area contributed by atoms with Crippen LogP contribution in [0.15, 0.2) is 18.3 Å². The first-order chi connectivity index (χ1) is 9.34. The third-order valence-corrected chi connectivity index (χ3v) is 2.88. The lowest BCUT2D eigenvalue weighted by Crippen LogP contribution is -2.32. The Hall–Kier alpha value is -1.79. The van der Waals surface area contributed by atoms with Gasteiger partial charge in [-0.25, -0.2) is 4.98 Å². The molecule has 1 aromatic rings. The van der Waals surface area contributed by atoms with Crippen molar-refractivity contribution in [1.29, 1.82) is 0 Å². The highest BCUT2D eigenvalue weighted by molar-refractivity contribution is 5.78. The topological polar surface area (TPSA) is 54.0 Å². The Morgan fingerprint density at radius 1 is 1.35 bits per heavy atom. The molecule has 1 aromatic heterocycles. The molecule has 0 aromatic carbocycles. The van der Waals surface area contributed by atoms with Crippen molar-refractivity contribution in [2.24, 2.45) is 5.92 Å². The van der Waals surface area contributed by atoms with E-state index in [2.05, 4.69) is 15.6 Å². The van der Waals surface area contributed by atoms with Crippen LogP contribution in [0.3, 0.4) is 0 Å². The van der Waals surface area contributed by atoms with E-state index in [1.54, 1.807) is 0 Å². The fourth-order valence-electron chi connectivity index (χ4n) is 1.40. The summed E-state index contributed by atoms with van der Waals surface area (Å²) >= 11 is 0. The summed E-state index contributed by atoms with van der Waals surface area (Å²) in [6.45, 7) is 4.56. The highest BCUT2D eigenvalue weighted by atomic mass is 19.4. The molecule has 7 heteroatoms. The van der Waals surface area contributed by atoms with Gasteiger partial charge in [-0.05, 0) is 18.6 Å². The third-order valence-electron chi connectivity index (χ3n) is 2.88. The van der Waals surface area contributed by atoms with Gasteiger partial charge in [0.15, 0.2) is 0 Å². The van der Waals surface area contributed by atoms with Crippen molar-refractivity contribution in [3.8, 4) is 0 Å². The van der Waals surface area contributed by atoms with Crippen molar-refractivity contribution in [3.05, 3.63) is 23.9 Å². The number of pyridine rings is 1. The van der Waals surface area contributed by atoms with Crippen molar-refractivity contribution in [3.63, 3.8) is 0 Å². The summed E-state index contributed by atoms with van der Waals surface area (Å²) in [5.41, 5.74) is -0.784. The Kier molecular flexibility index (Phi) is 5.79. The summed E-state index contributed by atoms with van der Waals surface area (Å²) in [5, 5.41) is 5.57. The Balaban J connectivity index is 2.34. The number of hydrogen-bond acceptors (Lipinski definition) is 3. The maximum absolute atomic E-state index is 12.3. The lowest BCUT2D eigenvalue weighted by molar-refractivity contribution is -0.137. The van der Waals surface area contributed by atoms with Crippen LogP contribution in [0.2, 0.25) is 0 Å². The first kappa shape index (κ1) is 16.3. The molecule has 0 saturated carbocycles. The summed E-state index contributed by atoms with van der Waals surface area (Å²) in [5.74, 6) is 0.268. The Morgan fingerprint density at radius 2 is 2.05 bits per heavy atom. The Bertz CT molecular complexity index is 431. The largest absolute Gasteiger partial charge is 0.417 e. The molecule has 1 amide bonds. The van der Waals surface area contributed by atoms with Gasteiger partial charge in [-0.15, -0.1) is 0 Å². The zero-order valence-electron chi connectivity index (χ0n) is 11.4. The summed E-state index contributed by atoms with van der Waals surface area (Å²) in [6, 6.07) is 2.23. The fourth-order valence-corrected chi connectivity index (χ4v) is 1.40. The van der Waals surface area contributed by atoms with Crippen LogP contribution in [-0.2, 0) is 11.0 Å². The van der Waals surface area contributed by atoms with E-state index in [4.69, 9.17) is 0 Å². The first-order valence-electron chi connectivity index (χ1n) is 6.39. The smallest absolute Gasteiger partial charge is 0.368 e. The standard InChI is InChI=1S/C13H18F3N3O/c1-3-9(2)12(20)18-7-6-17-11-5-4-10(8-19-11)13(14,15)16/h4-5,8-9H,3,6-7H2,1-2H3,(H,17,19)(H,18,20). The lowest BCUT2D eigenvalue weighted by Gasteiger charge is -2.11. The molecule has 0 radical (unpaired) electrons. The minimum atomic E-state index is -4.38. The van der Waals surface area contributed by atoms with E-state index >= 15 is 0 Å². The summed E-state index contributed by atoms with van der Waals surface area (Å²) in [6.07, 6.45) is -2.84. The number of anilines is 1. The molecule has 0 saturated heterocycles. The van der Waals surface area contributed by atoms with Crippen LogP contribution >= 0.6 is 0 Å². The van der Waals surface area contributed by atoms with Crippen molar-refractivity contribution in [2.75, 3.05) is 18.4 Å². The van der Waals surface area contributed by atoms with Gasteiger partial charge in [-0.1, -0.05) is 13.8 Å². The van der Waals surface area contributed by atoms with Crippen LogP contribution in [-0.4, -0.2) is 24.0 Å². The number of amides is 1. The Labute approximate surface area is 115 Å². The molecule has 2 N–H and O–H groups in total. The van der Waals surface area contributed by atoms with Gasteiger partial charge in [0.25, 0.3) is 0 Å². The molecular weight excluding hydrogens is 271 g/mol. The molecule has 0 fully saturated rings. The van der Waals surface area contributed by atoms with Gasteiger partial charge in [0.2, 0.25) is 5.91 Å². The minimum absolute atomic E-state index is 0.0327. The van der Waals surface area contributed by atoms with Gasteiger partial charge < -0.3 is 10.6 Å². The van der Waals surface area contributed by atoms with E-state index in [0.717, 1.165) is 18.7 Å². The number of carbonyl (C=O) groups is 1. The summed E-state index contributed by atoms with van der Waals surface area (Å²) < 4.78 is 36.9. The number of carbonyl (C=O) groups excluding carboxylic acids is 1. The van der Waals surface area contributed by atoms with Crippen LogP contribution in [0.4, 0.5) is 19.0 Å². The predicted molar refractivity (Wildman–Crippen MR) is 70.2 cm³/mol. The molecular formula is C13H18F3N3O. The van der Waals surface area contributed by atoms with E-state index in [1.165, 1.54) is 6.07 Å². The fraction of sp³-hybridized carbons (Fsp3) is 0.538. The minimum Gasteiger partial charge on any atom is -0.368 e. The zero-order chi connectivity index (χ0) is 15.2. The second-order valence-electron chi connectivity index (χ2n) is 4.46. The van der Waals surface area contributed by atoms with Gasteiger partial charge in [0.05, 0.1) is 5.56 Å². The van der Waals surface area contributed by atoms with Crippen molar-refractivity contribution < 1.29 is 18.0 Å². The molecule has 112 valence electrons. The number of hydrogen-bond donors (Lipinski definition) is 2. The van der Waals surface area contributed by atoms with Crippen molar-refractivity contribution in [1.82, 2.24) is 10.3 Å². The average Bonchev–Trinajstić information content (AvgIpc) is 2.42. The number of rotatable bonds is 6. The predicted octanol–water partition coefficient (Wildman–Crippen LogP) is 2.67. The van der Waals surface area contributed by atoms with Gasteiger partial charge in [0.1, 0.15) is 5.82 Å². The summed E-state index contributed by atoms with van der Waals surface area (Å²) in [7, 11) is 0. The molecule has 20 heavy (non-hydrogen) atoms. The van der Waals surface area contributed by atoms with Crippen LogP contribution in [0.5, 0.6) is 0 Å². The van der Waals surface area contributed by atoms with Gasteiger partial charge in [0, 0.05) is 25.2 Å². The van der Waals surface area contributed by atoms with Crippen LogP contribution in [0.1, 0.15) is 25.8 Å². The molecule has 0 bridgehead atoms. The first-order valence-corrected chi connectivity index (χ1v) is 6.39. The molecule has 1 rings (SSSR count). The number of alkyl halides is 3. The van der Waals surface area contributed by atoms with Gasteiger partial charge >= 0.3 is 6.18 Å². The third kappa shape index (κ3) is 5.07. The molecule has 1 atom stereocenters. The van der Waals surface area contributed by atoms with E-state index in [0.29, 0.717) is 18.9 Å². The van der Waals surface area contributed by atoms with Crippen LogP contribution in [0, 0.1) is 5.92 Å². The van der Waals surface area contributed by atoms with Crippen LogP contribution < -0.4 is 10.6 Å². The molecule has 0 aliphatic carbocycles. The zero-order valence-corrected chi connectivity index (χ0v) is 11.4. The molecule has 0 aliphatic heterocycles. The number of halogens is 3. The molecule has 0 aliphatic rings. The van der Waals surface area contributed by atoms with Crippen molar-refractivity contribution >= 4 is 11.7 Å². The molecule has 1 heterocycles. The number of nitrogens with zero attached hydrogens (tertiary/aromatic N) is 1. The highest BCUT2D eigenvalue weighted by Gasteiger charge is 2.30. The van der Waals surface area contributed by atoms with E-state index in [9.17, 15) is 18.0 Å². The maximum Gasteiger partial charge on any atom is 0.417 e.